The summed E-state index contributed by atoms with van der Waals surface area (Å²) in [5, 5.41) is 2.78. The van der Waals surface area contributed by atoms with Crippen LogP contribution >= 0.6 is 0 Å². The van der Waals surface area contributed by atoms with Crippen molar-refractivity contribution in [2.24, 2.45) is 0 Å². The summed E-state index contributed by atoms with van der Waals surface area (Å²) in [5.41, 5.74) is 2.10. The number of nitrogens with zero attached hydrogens (tertiary/aromatic N) is 1. The summed E-state index contributed by atoms with van der Waals surface area (Å²) in [6, 6.07) is 6.45. The highest BCUT2D eigenvalue weighted by atomic mass is 19.1. The fraction of sp³-hybridized carbons (Fsp3) is 0.400. The van der Waals surface area contributed by atoms with E-state index in [1.54, 1.807) is 18.2 Å². The number of rotatable bonds is 3. The van der Waals surface area contributed by atoms with Crippen molar-refractivity contribution in [3.8, 4) is 0 Å². The molecular formula is C15H17FN2O2. The maximum absolute atomic E-state index is 12.9. The van der Waals surface area contributed by atoms with Crippen LogP contribution in [0.4, 0.5) is 4.39 Å². The second-order valence-corrected chi connectivity index (χ2v) is 5.17. The number of ether oxygens (including phenoxy) is 1. The number of carbonyl (C=O) groups is 1. The quantitative estimate of drug-likeness (QED) is 0.903. The van der Waals surface area contributed by atoms with Crippen molar-refractivity contribution in [2.45, 2.75) is 6.10 Å². The summed E-state index contributed by atoms with van der Waals surface area (Å²) in [6.07, 6.45) is 1.64. The summed E-state index contributed by atoms with van der Waals surface area (Å²) >= 11 is 0. The van der Waals surface area contributed by atoms with Gasteiger partial charge in [-0.15, -0.1) is 0 Å². The third-order valence-electron chi connectivity index (χ3n) is 3.64. The number of morpholine rings is 1. The molecule has 0 aliphatic carbocycles. The van der Waals surface area contributed by atoms with E-state index in [0.29, 0.717) is 13.2 Å². The zero-order valence-corrected chi connectivity index (χ0v) is 11.1. The molecule has 106 valence electrons. The molecule has 1 amide bonds. The molecule has 1 fully saturated rings. The van der Waals surface area contributed by atoms with Crippen LogP contribution in [-0.2, 0) is 9.53 Å². The van der Waals surface area contributed by atoms with E-state index >= 15 is 0 Å². The van der Waals surface area contributed by atoms with Crippen molar-refractivity contribution in [2.75, 3.05) is 32.8 Å². The molecular weight excluding hydrogens is 259 g/mol. The first-order valence-corrected chi connectivity index (χ1v) is 6.77. The minimum absolute atomic E-state index is 0.0108. The van der Waals surface area contributed by atoms with Gasteiger partial charge in [-0.1, -0.05) is 12.1 Å². The maximum atomic E-state index is 12.9. The van der Waals surface area contributed by atoms with E-state index in [0.717, 1.165) is 30.8 Å². The van der Waals surface area contributed by atoms with Crippen molar-refractivity contribution in [1.29, 1.82) is 0 Å². The lowest BCUT2D eigenvalue weighted by atomic mass is 10.1. The average molecular weight is 276 g/mol. The molecule has 1 aromatic carbocycles. The molecule has 2 aliphatic rings. The summed E-state index contributed by atoms with van der Waals surface area (Å²) in [5.74, 6) is -0.245. The van der Waals surface area contributed by atoms with Crippen molar-refractivity contribution >= 4 is 5.91 Å². The molecule has 1 unspecified atom stereocenters. The van der Waals surface area contributed by atoms with Gasteiger partial charge >= 0.3 is 0 Å². The van der Waals surface area contributed by atoms with Gasteiger partial charge in [-0.2, -0.15) is 0 Å². The van der Waals surface area contributed by atoms with Crippen LogP contribution in [-0.4, -0.2) is 43.6 Å². The largest absolute Gasteiger partial charge is 0.371 e. The van der Waals surface area contributed by atoms with Crippen LogP contribution in [0.15, 0.2) is 35.9 Å². The summed E-state index contributed by atoms with van der Waals surface area (Å²) in [7, 11) is 0. The van der Waals surface area contributed by atoms with E-state index in [9.17, 15) is 9.18 Å². The molecule has 1 N–H and O–H groups in total. The van der Waals surface area contributed by atoms with E-state index in [2.05, 4.69) is 10.2 Å². The van der Waals surface area contributed by atoms with E-state index in [-0.39, 0.29) is 17.8 Å². The standard InChI is InChI=1S/C15H17FN2O2/c16-13-3-1-12(2-4-13)14-10-18(5-6-20-14)9-11-7-15(19)17-8-11/h1-4,7,14H,5-6,8-10H2,(H,17,19). The first kappa shape index (κ1) is 13.3. The molecule has 2 aliphatic heterocycles. The molecule has 5 heteroatoms. The van der Waals surface area contributed by atoms with Crippen LogP contribution < -0.4 is 5.32 Å². The third kappa shape index (κ3) is 3.05. The van der Waals surface area contributed by atoms with Crippen LogP contribution in [0.5, 0.6) is 0 Å². The summed E-state index contributed by atoms with van der Waals surface area (Å²) < 4.78 is 18.7. The van der Waals surface area contributed by atoms with Gasteiger partial charge in [0, 0.05) is 32.3 Å². The SMILES string of the molecule is O=C1C=C(CN2CCOC(c3ccc(F)cc3)C2)CN1. The lowest BCUT2D eigenvalue weighted by Gasteiger charge is -2.33. The molecule has 20 heavy (non-hydrogen) atoms. The Labute approximate surface area is 117 Å². The van der Waals surface area contributed by atoms with Crippen molar-refractivity contribution in [1.82, 2.24) is 10.2 Å². The van der Waals surface area contributed by atoms with E-state index in [4.69, 9.17) is 4.74 Å². The average Bonchev–Trinajstić information content (AvgIpc) is 2.85. The highest BCUT2D eigenvalue weighted by Crippen LogP contribution is 2.23. The van der Waals surface area contributed by atoms with Gasteiger partial charge in [0.05, 0.1) is 12.7 Å². The maximum Gasteiger partial charge on any atom is 0.244 e. The van der Waals surface area contributed by atoms with Crippen LogP contribution in [0, 0.1) is 5.82 Å². The van der Waals surface area contributed by atoms with Gasteiger partial charge in [0.2, 0.25) is 5.91 Å². The molecule has 1 saturated heterocycles. The molecule has 2 heterocycles. The van der Waals surface area contributed by atoms with Gasteiger partial charge < -0.3 is 10.1 Å². The Balaban J connectivity index is 1.63. The third-order valence-corrected chi connectivity index (χ3v) is 3.64. The topological polar surface area (TPSA) is 41.6 Å². The van der Waals surface area contributed by atoms with E-state index < -0.39 is 0 Å². The summed E-state index contributed by atoms with van der Waals surface area (Å²) in [4.78, 5) is 13.4. The number of nitrogens with one attached hydrogen (secondary N) is 1. The fourth-order valence-electron chi connectivity index (χ4n) is 2.60. The monoisotopic (exact) mass is 276 g/mol. The van der Waals surface area contributed by atoms with Crippen molar-refractivity contribution in [3.05, 3.63) is 47.3 Å². The molecule has 0 radical (unpaired) electrons. The fourth-order valence-corrected chi connectivity index (χ4v) is 2.60. The molecule has 1 aromatic rings. The van der Waals surface area contributed by atoms with Crippen molar-refractivity contribution < 1.29 is 13.9 Å². The van der Waals surface area contributed by atoms with Gasteiger partial charge in [-0.25, -0.2) is 4.39 Å². The Bertz CT molecular complexity index is 527. The predicted molar refractivity (Wildman–Crippen MR) is 72.6 cm³/mol. The van der Waals surface area contributed by atoms with Gasteiger partial charge in [0.25, 0.3) is 0 Å². The second-order valence-electron chi connectivity index (χ2n) is 5.17. The number of benzene rings is 1. The molecule has 0 saturated carbocycles. The van der Waals surface area contributed by atoms with Crippen LogP contribution in [0.1, 0.15) is 11.7 Å². The zero-order chi connectivity index (χ0) is 13.9. The second kappa shape index (κ2) is 5.73. The molecule has 0 bridgehead atoms. The Hall–Kier alpha value is -1.72. The molecule has 0 aromatic heterocycles. The minimum Gasteiger partial charge on any atom is -0.371 e. The lowest BCUT2D eigenvalue weighted by Crippen LogP contribution is -2.39. The highest BCUT2D eigenvalue weighted by Gasteiger charge is 2.23. The molecule has 4 nitrogen and oxygen atoms in total. The zero-order valence-electron chi connectivity index (χ0n) is 11.1. The van der Waals surface area contributed by atoms with Crippen LogP contribution in [0.25, 0.3) is 0 Å². The number of hydrogen-bond acceptors (Lipinski definition) is 3. The number of halogens is 1. The lowest BCUT2D eigenvalue weighted by molar-refractivity contribution is -0.115. The Morgan fingerprint density at radius 2 is 2.15 bits per heavy atom. The Kier molecular flexibility index (Phi) is 3.80. The molecule has 0 spiro atoms. The first-order valence-electron chi connectivity index (χ1n) is 6.77. The van der Waals surface area contributed by atoms with Crippen LogP contribution in [0.2, 0.25) is 0 Å². The van der Waals surface area contributed by atoms with Gasteiger partial charge in [-0.05, 0) is 23.3 Å². The minimum atomic E-state index is -0.234. The number of carbonyl (C=O) groups excluding carboxylic acids is 1. The van der Waals surface area contributed by atoms with Gasteiger partial charge in [-0.3, -0.25) is 9.69 Å². The predicted octanol–water partition coefficient (Wildman–Crippen LogP) is 1.26. The van der Waals surface area contributed by atoms with Crippen molar-refractivity contribution in [3.63, 3.8) is 0 Å². The molecule has 3 rings (SSSR count). The normalized spacial score (nSPS) is 23.6. The number of hydrogen-bond donors (Lipinski definition) is 1. The number of amides is 1. The first-order chi connectivity index (χ1) is 9.70. The van der Waals surface area contributed by atoms with Gasteiger partial charge in [0.1, 0.15) is 5.82 Å². The Morgan fingerprint density at radius 1 is 1.35 bits per heavy atom. The highest BCUT2D eigenvalue weighted by molar-refractivity contribution is 5.91. The van der Waals surface area contributed by atoms with E-state index in [1.165, 1.54) is 12.1 Å². The Morgan fingerprint density at radius 3 is 2.85 bits per heavy atom. The summed E-state index contributed by atoms with van der Waals surface area (Å²) in [6.45, 7) is 3.67. The van der Waals surface area contributed by atoms with Gasteiger partial charge in [0.15, 0.2) is 0 Å². The van der Waals surface area contributed by atoms with Crippen LogP contribution in [0.3, 0.4) is 0 Å². The molecule has 1 atom stereocenters. The van der Waals surface area contributed by atoms with E-state index in [1.807, 2.05) is 0 Å². The smallest absolute Gasteiger partial charge is 0.244 e.